The highest BCUT2D eigenvalue weighted by molar-refractivity contribution is 4.88. The van der Waals surface area contributed by atoms with Gasteiger partial charge in [0.25, 0.3) is 0 Å². The first kappa shape index (κ1) is 16.0. The fraction of sp³-hybridized carbons (Fsp3) is 1.00. The third-order valence-electron chi connectivity index (χ3n) is 4.94. The van der Waals surface area contributed by atoms with Gasteiger partial charge in [-0.3, -0.25) is 0 Å². The van der Waals surface area contributed by atoms with Gasteiger partial charge in [-0.05, 0) is 38.6 Å². The molecule has 2 heteroatoms. The Hall–Kier alpha value is -0.0800. The van der Waals surface area contributed by atoms with Crippen LogP contribution in [0.5, 0.6) is 0 Å². The maximum Gasteiger partial charge on any atom is 0.0800 e. The third kappa shape index (κ3) is 4.55. The summed E-state index contributed by atoms with van der Waals surface area (Å²) in [5, 5.41) is 3.64. The van der Waals surface area contributed by atoms with Crippen molar-refractivity contribution in [1.29, 1.82) is 0 Å². The second kappa shape index (κ2) is 8.16. The Morgan fingerprint density at radius 3 is 2.39 bits per heavy atom. The molecule has 0 saturated heterocycles. The smallest absolute Gasteiger partial charge is 0.0800 e. The van der Waals surface area contributed by atoms with Gasteiger partial charge in [0.1, 0.15) is 0 Å². The second-order valence-electron chi connectivity index (χ2n) is 6.06. The molecule has 0 aromatic carbocycles. The minimum atomic E-state index is -0.00925. The standard InChI is InChI=1S/C16H33NO/c1-5-16(3,18-4)15(17-6-2)13-12-14-10-8-7-9-11-14/h14-15,17H,5-13H2,1-4H3. The highest BCUT2D eigenvalue weighted by Gasteiger charge is 2.32. The predicted octanol–water partition coefficient (Wildman–Crippen LogP) is 4.14. The van der Waals surface area contributed by atoms with Crippen LogP contribution in [0.4, 0.5) is 0 Å². The minimum Gasteiger partial charge on any atom is -0.377 e. The van der Waals surface area contributed by atoms with Gasteiger partial charge in [-0.15, -0.1) is 0 Å². The molecule has 0 spiro atoms. The molecule has 0 aliphatic heterocycles. The molecule has 1 saturated carbocycles. The molecule has 2 unspecified atom stereocenters. The lowest BCUT2D eigenvalue weighted by atomic mass is 9.82. The van der Waals surface area contributed by atoms with Crippen LogP contribution in [0.25, 0.3) is 0 Å². The number of hydrogen-bond donors (Lipinski definition) is 1. The lowest BCUT2D eigenvalue weighted by molar-refractivity contribution is -0.0323. The van der Waals surface area contributed by atoms with Gasteiger partial charge in [-0.25, -0.2) is 0 Å². The average molecular weight is 255 g/mol. The third-order valence-corrected chi connectivity index (χ3v) is 4.94. The van der Waals surface area contributed by atoms with Crippen molar-refractivity contribution in [3.63, 3.8) is 0 Å². The van der Waals surface area contributed by atoms with Crippen molar-refractivity contribution in [1.82, 2.24) is 5.32 Å². The quantitative estimate of drug-likeness (QED) is 0.704. The number of methoxy groups -OCH3 is 1. The topological polar surface area (TPSA) is 21.3 Å². The summed E-state index contributed by atoms with van der Waals surface area (Å²) in [4.78, 5) is 0. The summed E-state index contributed by atoms with van der Waals surface area (Å²) >= 11 is 0. The molecule has 1 rings (SSSR count). The van der Waals surface area contributed by atoms with Crippen LogP contribution in [-0.4, -0.2) is 25.3 Å². The molecule has 0 aromatic rings. The van der Waals surface area contributed by atoms with Gasteiger partial charge < -0.3 is 10.1 Å². The fourth-order valence-electron chi connectivity index (χ4n) is 3.28. The first-order valence-corrected chi connectivity index (χ1v) is 7.94. The van der Waals surface area contributed by atoms with Crippen molar-refractivity contribution in [2.75, 3.05) is 13.7 Å². The number of nitrogens with one attached hydrogen (secondary N) is 1. The van der Waals surface area contributed by atoms with Crippen LogP contribution >= 0.6 is 0 Å². The van der Waals surface area contributed by atoms with E-state index in [0.29, 0.717) is 6.04 Å². The molecule has 0 amide bonds. The zero-order chi connectivity index (χ0) is 13.4. The Balaban J connectivity index is 2.45. The van der Waals surface area contributed by atoms with E-state index in [1.165, 1.54) is 44.9 Å². The largest absolute Gasteiger partial charge is 0.377 e. The average Bonchev–Trinajstić information content (AvgIpc) is 2.43. The zero-order valence-electron chi connectivity index (χ0n) is 12.9. The molecular formula is C16H33NO. The monoisotopic (exact) mass is 255 g/mol. The predicted molar refractivity (Wildman–Crippen MR) is 79.0 cm³/mol. The van der Waals surface area contributed by atoms with Gasteiger partial charge in [0.05, 0.1) is 5.60 Å². The highest BCUT2D eigenvalue weighted by atomic mass is 16.5. The number of ether oxygens (including phenoxy) is 1. The summed E-state index contributed by atoms with van der Waals surface area (Å²) < 4.78 is 5.78. The Labute approximate surface area is 114 Å². The summed E-state index contributed by atoms with van der Waals surface area (Å²) in [5.74, 6) is 0.970. The van der Waals surface area contributed by atoms with Crippen LogP contribution in [0, 0.1) is 5.92 Å². The van der Waals surface area contributed by atoms with E-state index >= 15 is 0 Å². The van der Waals surface area contributed by atoms with E-state index < -0.39 is 0 Å². The molecule has 18 heavy (non-hydrogen) atoms. The maximum atomic E-state index is 5.78. The van der Waals surface area contributed by atoms with Crippen LogP contribution in [0.3, 0.4) is 0 Å². The van der Waals surface area contributed by atoms with Crippen LogP contribution < -0.4 is 5.32 Å². The first-order valence-electron chi connectivity index (χ1n) is 7.94. The Morgan fingerprint density at radius 1 is 1.22 bits per heavy atom. The van der Waals surface area contributed by atoms with Crippen molar-refractivity contribution in [3.8, 4) is 0 Å². The molecule has 2 nitrogen and oxygen atoms in total. The molecule has 1 aliphatic carbocycles. The van der Waals surface area contributed by atoms with E-state index in [1.54, 1.807) is 0 Å². The number of hydrogen-bond acceptors (Lipinski definition) is 2. The van der Waals surface area contributed by atoms with Crippen LogP contribution in [0.1, 0.15) is 72.1 Å². The van der Waals surface area contributed by atoms with E-state index in [9.17, 15) is 0 Å². The van der Waals surface area contributed by atoms with Crippen molar-refractivity contribution in [2.45, 2.75) is 83.8 Å². The first-order chi connectivity index (χ1) is 8.66. The Kier molecular flexibility index (Phi) is 7.25. The lowest BCUT2D eigenvalue weighted by Crippen LogP contribution is -2.50. The molecule has 0 heterocycles. The van der Waals surface area contributed by atoms with Crippen molar-refractivity contribution < 1.29 is 4.74 Å². The van der Waals surface area contributed by atoms with E-state index in [2.05, 4.69) is 26.1 Å². The van der Waals surface area contributed by atoms with Crippen molar-refractivity contribution in [3.05, 3.63) is 0 Å². The van der Waals surface area contributed by atoms with Crippen LogP contribution in [-0.2, 0) is 4.74 Å². The van der Waals surface area contributed by atoms with Gasteiger partial charge in [-0.1, -0.05) is 46.0 Å². The van der Waals surface area contributed by atoms with Gasteiger partial charge in [0, 0.05) is 13.2 Å². The number of rotatable bonds is 8. The summed E-state index contributed by atoms with van der Waals surface area (Å²) in [6, 6.07) is 0.499. The van der Waals surface area contributed by atoms with Gasteiger partial charge in [-0.2, -0.15) is 0 Å². The van der Waals surface area contributed by atoms with Gasteiger partial charge in [0.2, 0.25) is 0 Å². The second-order valence-corrected chi connectivity index (χ2v) is 6.06. The summed E-state index contributed by atoms with van der Waals surface area (Å²) in [7, 11) is 1.86. The van der Waals surface area contributed by atoms with E-state index in [4.69, 9.17) is 4.74 Å². The Morgan fingerprint density at radius 2 is 1.89 bits per heavy atom. The zero-order valence-corrected chi connectivity index (χ0v) is 12.9. The molecule has 1 N–H and O–H groups in total. The maximum absolute atomic E-state index is 5.78. The fourth-order valence-corrected chi connectivity index (χ4v) is 3.28. The van der Waals surface area contributed by atoms with Crippen molar-refractivity contribution >= 4 is 0 Å². The van der Waals surface area contributed by atoms with E-state index in [0.717, 1.165) is 18.9 Å². The molecule has 0 aromatic heterocycles. The van der Waals surface area contributed by atoms with Gasteiger partial charge >= 0.3 is 0 Å². The molecule has 0 bridgehead atoms. The Bertz CT molecular complexity index is 207. The van der Waals surface area contributed by atoms with Gasteiger partial charge in [0.15, 0.2) is 0 Å². The van der Waals surface area contributed by atoms with Crippen LogP contribution in [0.2, 0.25) is 0 Å². The molecule has 2 atom stereocenters. The lowest BCUT2D eigenvalue weighted by Gasteiger charge is -2.37. The molecule has 1 fully saturated rings. The summed E-state index contributed by atoms with van der Waals surface area (Å²) in [6.07, 6.45) is 11.0. The van der Waals surface area contributed by atoms with E-state index in [1.807, 2.05) is 7.11 Å². The summed E-state index contributed by atoms with van der Waals surface area (Å²) in [5.41, 5.74) is -0.00925. The van der Waals surface area contributed by atoms with E-state index in [-0.39, 0.29) is 5.60 Å². The SMILES string of the molecule is CCNC(CCC1CCCCC1)C(C)(CC)OC. The highest BCUT2D eigenvalue weighted by Crippen LogP contribution is 2.30. The van der Waals surface area contributed by atoms with Crippen LogP contribution in [0.15, 0.2) is 0 Å². The normalized spacial score (nSPS) is 22.7. The molecule has 108 valence electrons. The molecular weight excluding hydrogens is 222 g/mol. The number of likely N-dealkylation sites (N-methyl/N-ethyl adjacent to an activating group) is 1. The minimum absolute atomic E-state index is 0.00925. The summed E-state index contributed by atoms with van der Waals surface area (Å²) in [6.45, 7) is 7.71. The molecule has 0 radical (unpaired) electrons. The van der Waals surface area contributed by atoms with Crippen molar-refractivity contribution in [2.24, 2.45) is 5.92 Å². The molecule has 1 aliphatic rings.